The van der Waals surface area contributed by atoms with Gasteiger partial charge < -0.3 is 5.73 Å². The highest BCUT2D eigenvalue weighted by molar-refractivity contribution is 7.91. The maximum absolute atomic E-state index is 12.7. The van der Waals surface area contributed by atoms with Crippen molar-refractivity contribution in [1.82, 2.24) is 0 Å². The van der Waals surface area contributed by atoms with E-state index in [4.69, 9.17) is 5.73 Å². The van der Waals surface area contributed by atoms with E-state index in [-0.39, 0.29) is 10.6 Å². The molecule has 0 bridgehead atoms. The number of nitrogen functional groups attached to an aromatic ring is 1. The largest absolute Gasteiger partial charge is 0.416 e. The van der Waals surface area contributed by atoms with E-state index in [1.807, 2.05) is 0 Å². The van der Waals surface area contributed by atoms with Crippen molar-refractivity contribution >= 4 is 15.5 Å². The van der Waals surface area contributed by atoms with Crippen molar-refractivity contribution < 1.29 is 21.6 Å². The maximum atomic E-state index is 12.7. The summed E-state index contributed by atoms with van der Waals surface area (Å²) in [4.78, 5) is -0.649. The number of benzene rings is 2. The van der Waals surface area contributed by atoms with Crippen LogP contribution in [0.4, 0.5) is 18.9 Å². The number of alkyl halides is 3. The van der Waals surface area contributed by atoms with Crippen molar-refractivity contribution in [2.75, 3.05) is 5.73 Å². The minimum absolute atomic E-state index is 0.106. The Morgan fingerprint density at radius 3 is 2.10 bits per heavy atom. The Bertz CT molecular complexity index is 725. The molecule has 0 aromatic heterocycles. The van der Waals surface area contributed by atoms with Gasteiger partial charge in [0, 0.05) is 0 Å². The van der Waals surface area contributed by atoms with Crippen molar-refractivity contribution in [2.24, 2.45) is 0 Å². The Balaban J connectivity index is 2.64. The monoisotopic (exact) mass is 301 g/mol. The molecular formula is C13H10F3NO2S. The lowest BCUT2D eigenvalue weighted by atomic mass is 10.2. The van der Waals surface area contributed by atoms with Gasteiger partial charge in [-0.1, -0.05) is 18.2 Å². The highest BCUT2D eigenvalue weighted by Gasteiger charge is 2.32. The van der Waals surface area contributed by atoms with E-state index < -0.39 is 26.5 Å². The third-order valence-electron chi connectivity index (χ3n) is 2.68. The van der Waals surface area contributed by atoms with Gasteiger partial charge >= 0.3 is 6.18 Å². The topological polar surface area (TPSA) is 60.2 Å². The van der Waals surface area contributed by atoms with E-state index >= 15 is 0 Å². The fourth-order valence-electron chi connectivity index (χ4n) is 1.67. The summed E-state index contributed by atoms with van der Waals surface area (Å²) < 4.78 is 62.5. The molecule has 0 aliphatic heterocycles. The minimum atomic E-state index is -4.63. The predicted molar refractivity (Wildman–Crippen MR) is 67.8 cm³/mol. The van der Waals surface area contributed by atoms with Crippen LogP contribution in [0.5, 0.6) is 0 Å². The number of rotatable bonds is 2. The van der Waals surface area contributed by atoms with Gasteiger partial charge in [0.1, 0.15) is 0 Å². The van der Waals surface area contributed by atoms with E-state index in [1.54, 1.807) is 6.07 Å². The lowest BCUT2D eigenvalue weighted by molar-refractivity contribution is -0.137. The summed E-state index contributed by atoms with van der Waals surface area (Å²) in [6, 6.07) is 9.42. The molecule has 2 N–H and O–H groups in total. The van der Waals surface area contributed by atoms with Crippen LogP contribution in [0, 0.1) is 0 Å². The number of hydrogen-bond acceptors (Lipinski definition) is 3. The third kappa shape index (κ3) is 2.62. The van der Waals surface area contributed by atoms with Crippen LogP contribution in [-0.4, -0.2) is 8.42 Å². The molecule has 0 amide bonds. The van der Waals surface area contributed by atoms with Gasteiger partial charge in [0.05, 0.1) is 21.0 Å². The summed E-state index contributed by atoms with van der Waals surface area (Å²) in [7, 11) is -4.08. The molecule has 2 aromatic carbocycles. The fraction of sp³-hybridized carbons (Fsp3) is 0.0769. The highest BCUT2D eigenvalue weighted by atomic mass is 32.2. The zero-order valence-corrected chi connectivity index (χ0v) is 10.9. The third-order valence-corrected chi connectivity index (χ3v) is 4.51. The normalized spacial score (nSPS) is 12.3. The van der Waals surface area contributed by atoms with Gasteiger partial charge in [-0.05, 0) is 30.3 Å². The van der Waals surface area contributed by atoms with E-state index in [9.17, 15) is 21.6 Å². The lowest BCUT2D eigenvalue weighted by Crippen LogP contribution is -2.10. The maximum Gasteiger partial charge on any atom is 0.416 e. The van der Waals surface area contributed by atoms with Crippen LogP contribution in [0.3, 0.4) is 0 Å². The van der Waals surface area contributed by atoms with Crippen LogP contribution in [-0.2, 0) is 16.0 Å². The molecule has 0 saturated carbocycles. The Hall–Kier alpha value is -2.02. The summed E-state index contributed by atoms with van der Waals surface area (Å²) in [6.45, 7) is 0. The van der Waals surface area contributed by atoms with E-state index in [0.717, 1.165) is 12.1 Å². The molecule has 20 heavy (non-hydrogen) atoms. The SMILES string of the molecule is Nc1ccc(C(F)(F)F)cc1S(=O)(=O)c1ccccc1. The average Bonchev–Trinajstić information content (AvgIpc) is 2.38. The summed E-state index contributed by atoms with van der Waals surface area (Å²) >= 11 is 0. The molecule has 0 radical (unpaired) electrons. The molecule has 106 valence electrons. The fourth-order valence-corrected chi connectivity index (χ4v) is 3.10. The Labute approximate surface area is 113 Å². The second-order valence-electron chi connectivity index (χ2n) is 4.07. The van der Waals surface area contributed by atoms with Crippen LogP contribution in [0.1, 0.15) is 5.56 Å². The molecular weight excluding hydrogens is 291 g/mol. The van der Waals surface area contributed by atoms with Gasteiger partial charge in [-0.3, -0.25) is 0 Å². The molecule has 0 spiro atoms. The molecule has 0 saturated heterocycles. The molecule has 2 aromatic rings. The number of anilines is 1. The van der Waals surface area contributed by atoms with Crippen LogP contribution < -0.4 is 5.73 Å². The van der Waals surface area contributed by atoms with Gasteiger partial charge in [0.25, 0.3) is 0 Å². The molecule has 0 heterocycles. The van der Waals surface area contributed by atoms with Crippen LogP contribution in [0.25, 0.3) is 0 Å². The first-order valence-electron chi connectivity index (χ1n) is 5.50. The smallest absolute Gasteiger partial charge is 0.398 e. The Kier molecular flexibility index (Phi) is 3.47. The molecule has 0 aliphatic rings. The second kappa shape index (κ2) is 4.82. The standard InChI is InChI=1S/C13H10F3NO2S/c14-13(15,16)9-6-7-11(17)12(8-9)20(18,19)10-4-2-1-3-5-10/h1-8H,17H2. The van der Waals surface area contributed by atoms with Crippen molar-refractivity contribution in [2.45, 2.75) is 16.0 Å². The van der Waals surface area contributed by atoms with Crippen molar-refractivity contribution in [3.63, 3.8) is 0 Å². The average molecular weight is 301 g/mol. The Morgan fingerprint density at radius 2 is 1.55 bits per heavy atom. The first-order valence-corrected chi connectivity index (χ1v) is 6.98. The van der Waals surface area contributed by atoms with Gasteiger partial charge in [0.15, 0.2) is 0 Å². The van der Waals surface area contributed by atoms with Crippen LogP contribution in [0.15, 0.2) is 58.3 Å². The highest BCUT2D eigenvalue weighted by Crippen LogP contribution is 2.34. The number of nitrogens with two attached hydrogens (primary N) is 1. The summed E-state index contributed by atoms with van der Waals surface area (Å²) in [5.74, 6) is 0. The molecule has 0 atom stereocenters. The second-order valence-corrected chi connectivity index (χ2v) is 5.98. The summed E-state index contributed by atoms with van der Waals surface area (Å²) in [5, 5.41) is 0. The van der Waals surface area contributed by atoms with Crippen LogP contribution in [0.2, 0.25) is 0 Å². The quantitative estimate of drug-likeness (QED) is 0.867. The van der Waals surface area contributed by atoms with Gasteiger partial charge in [-0.25, -0.2) is 8.42 Å². The summed E-state index contributed by atoms with van der Waals surface area (Å²) in [5.41, 5.74) is 4.23. The molecule has 2 rings (SSSR count). The molecule has 0 fully saturated rings. The number of sulfone groups is 1. The first kappa shape index (κ1) is 14.4. The lowest BCUT2D eigenvalue weighted by Gasteiger charge is -2.11. The Morgan fingerprint density at radius 1 is 0.950 bits per heavy atom. The van der Waals surface area contributed by atoms with Crippen LogP contribution >= 0.6 is 0 Å². The van der Waals surface area contributed by atoms with Crippen molar-refractivity contribution in [3.8, 4) is 0 Å². The molecule has 7 heteroatoms. The zero-order chi connectivity index (χ0) is 15.0. The molecule has 0 unspecified atom stereocenters. The number of hydrogen-bond donors (Lipinski definition) is 1. The van der Waals surface area contributed by atoms with Crippen molar-refractivity contribution in [1.29, 1.82) is 0 Å². The zero-order valence-electron chi connectivity index (χ0n) is 10.1. The van der Waals surface area contributed by atoms with Gasteiger partial charge in [-0.15, -0.1) is 0 Å². The van der Waals surface area contributed by atoms with E-state index in [1.165, 1.54) is 24.3 Å². The van der Waals surface area contributed by atoms with E-state index in [0.29, 0.717) is 6.07 Å². The molecule has 3 nitrogen and oxygen atoms in total. The van der Waals surface area contributed by atoms with E-state index in [2.05, 4.69) is 0 Å². The summed E-state index contributed by atoms with van der Waals surface area (Å²) in [6.07, 6.45) is -4.63. The van der Waals surface area contributed by atoms with Crippen molar-refractivity contribution in [3.05, 3.63) is 54.1 Å². The minimum Gasteiger partial charge on any atom is -0.398 e. The number of halogens is 3. The van der Waals surface area contributed by atoms with Gasteiger partial charge in [-0.2, -0.15) is 13.2 Å². The first-order chi connectivity index (χ1) is 9.23. The van der Waals surface area contributed by atoms with Gasteiger partial charge in [0.2, 0.25) is 9.84 Å². The predicted octanol–water partition coefficient (Wildman–Crippen LogP) is 3.12. The molecule has 0 aliphatic carbocycles.